The number of nitrogens with zero attached hydrogens (tertiary/aromatic N) is 1. The minimum atomic E-state index is -0.319. The molecule has 0 spiro atoms. The molecular weight excluding hydrogens is 380 g/mol. The predicted molar refractivity (Wildman–Crippen MR) is 104 cm³/mol. The molecule has 0 bridgehead atoms. The van der Waals surface area contributed by atoms with Crippen LogP contribution in [0.25, 0.3) is 11.3 Å². The van der Waals surface area contributed by atoms with Crippen LogP contribution in [0.5, 0.6) is 11.5 Å². The summed E-state index contributed by atoms with van der Waals surface area (Å²) in [6.07, 6.45) is 0. The Hall–Kier alpha value is -2.36. The molecule has 4 N–H and O–H groups in total. The van der Waals surface area contributed by atoms with Crippen molar-refractivity contribution in [3.8, 4) is 22.8 Å². The number of aromatic nitrogens is 2. The van der Waals surface area contributed by atoms with Gasteiger partial charge in [-0.25, -0.2) is 0 Å². The maximum absolute atomic E-state index is 11.9. The second-order valence-corrected chi connectivity index (χ2v) is 5.48. The van der Waals surface area contributed by atoms with Crippen LogP contribution in [0, 0.1) is 4.77 Å². The molecule has 1 heterocycles. The molecule has 0 atom stereocenters. The van der Waals surface area contributed by atoms with E-state index in [9.17, 15) is 9.59 Å². The van der Waals surface area contributed by atoms with Gasteiger partial charge in [-0.2, -0.15) is 0 Å². The molecule has 142 valence electrons. The Kier molecular flexibility index (Phi) is 8.30. The quantitative estimate of drug-likeness (QED) is 0.600. The lowest BCUT2D eigenvalue weighted by atomic mass is 10.1. The zero-order valence-corrected chi connectivity index (χ0v) is 16.0. The van der Waals surface area contributed by atoms with E-state index in [1.54, 1.807) is 29.9 Å². The number of hydrogen-bond acceptors (Lipinski definition) is 6. The maximum Gasteiger partial charge on any atom is 0.252 e. The Morgan fingerprint density at radius 1 is 1.31 bits per heavy atom. The van der Waals surface area contributed by atoms with Gasteiger partial charge >= 0.3 is 0 Å². The minimum Gasteiger partial charge on any atom is -0.497 e. The highest BCUT2D eigenvalue weighted by atomic mass is 35.5. The molecule has 0 fully saturated rings. The van der Waals surface area contributed by atoms with Crippen LogP contribution in [0.3, 0.4) is 0 Å². The number of rotatable bonds is 7. The molecule has 1 aromatic heterocycles. The van der Waals surface area contributed by atoms with Gasteiger partial charge in [0.1, 0.15) is 11.5 Å². The van der Waals surface area contributed by atoms with Crippen molar-refractivity contribution >= 4 is 30.5 Å². The van der Waals surface area contributed by atoms with E-state index >= 15 is 0 Å². The van der Waals surface area contributed by atoms with Gasteiger partial charge in [0, 0.05) is 30.8 Å². The van der Waals surface area contributed by atoms with Gasteiger partial charge in [0.25, 0.3) is 5.56 Å². The first-order chi connectivity index (χ1) is 12.0. The summed E-state index contributed by atoms with van der Waals surface area (Å²) in [5.41, 5.74) is 6.22. The molecule has 0 aliphatic heterocycles. The number of ether oxygens (including phenoxy) is 2. The molecule has 0 saturated carbocycles. The van der Waals surface area contributed by atoms with E-state index in [0.29, 0.717) is 35.8 Å². The van der Waals surface area contributed by atoms with Gasteiger partial charge < -0.3 is 25.1 Å². The van der Waals surface area contributed by atoms with Gasteiger partial charge in [0.05, 0.1) is 26.5 Å². The molecule has 10 heteroatoms. The van der Waals surface area contributed by atoms with Gasteiger partial charge in [-0.1, -0.05) is 0 Å². The van der Waals surface area contributed by atoms with Crippen molar-refractivity contribution in [1.82, 2.24) is 14.9 Å². The normalized spacial score (nSPS) is 9.96. The van der Waals surface area contributed by atoms with E-state index in [2.05, 4.69) is 10.3 Å². The Bertz CT molecular complexity index is 881. The summed E-state index contributed by atoms with van der Waals surface area (Å²) in [5.74, 6) is 0.907. The van der Waals surface area contributed by atoms with Gasteiger partial charge in [0.15, 0.2) is 4.77 Å². The lowest BCUT2D eigenvalue weighted by Gasteiger charge is -2.16. The second kappa shape index (κ2) is 9.95. The predicted octanol–water partition coefficient (Wildman–Crippen LogP) is 1.09. The smallest absolute Gasteiger partial charge is 0.252 e. The number of nitrogens with one attached hydrogen (secondary N) is 2. The standard InChI is InChI=1S/C16H20N4O4S.ClH/c1-23-10-3-4-11(13(7-10)24-2)12-8-14(21)19-16(25)20(12)6-5-18-15(22)9-17;/h3-4,7-8H,5-6,9,17H2,1-2H3,(H,18,22)(H,19,21,25);1H. The fourth-order valence-electron chi connectivity index (χ4n) is 2.36. The fourth-order valence-corrected chi connectivity index (χ4v) is 2.65. The average Bonchev–Trinajstić information content (AvgIpc) is 2.62. The highest BCUT2D eigenvalue weighted by Crippen LogP contribution is 2.32. The van der Waals surface area contributed by atoms with Gasteiger partial charge in [0.2, 0.25) is 5.91 Å². The summed E-state index contributed by atoms with van der Waals surface area (Å²) in [6.45, 7) is 0.601. The van der Waals surface area contributed by atoms with Crippen LogP contribution in [0.2, 0.25) is 0 Å². The minimum absolute atomic E-state index is 0. The largest absolute Gasteiger partial charge is 0.497 e. The van der Waals surface area contributed by atoms with E-state index in [4.69, 9.17) is 27.4 Å². The molecule has 1 amide bonds. The molecule has 0 unspecified atom stereocenters. The first-order valence-electron chi connectivity index (χ1n) is 7.53. The highest BCUT2D eigenvalue weighted by Gasteiger charge is 2.13. The lowest BCUT2D eigenvalue weighted by molar-refractivity contribution is -0.119. The number of H-pyrrole nitrogens is 1. The van der Waals surface area contributed by atoms with Crippen molar-refractivity contribution in [2.75, 3.05) is 27.3 Å². The molecule has 26 heavy (non-hydrogen) atoms. The van der Waals surface area contributed by atoms with Gasteiger partial charge in [-0.15, -0.1) is 12.4 Å². The van der Waals surface area contributed by atoms with Gasteiger partial charge in [-0.05, 0) is 24.4 Å². The Balaban J connectivity index is 0.00000338. The topological polar surface area (TPSA) is 111 Å². The molecule has 8 nitrogen and oxygen atoms in total. The molecule has 0 aliphatic rings. The summed E-state index contributed by atoms with van der Waals surface area (Å²) < 4.78 is 12.6. The zero-order chi connectivity index (χ0) is 18.4. The lowest BCUT2D eigenvalue weighted by Crippen LogP contribution is -2.33. The first-order valence-corrected chi connectivity index (χ1v) is 7.94. The summed E-state index contributed by atoms with van der Waals surface area (Å²) in [7, 11) is 3.09. The van der Waals surface area contributed by atoms with Crippen LogP contribution >= 0.6 is 24.6 Å². The van der Waals surface area contributed by atoms with E-state index in [-0.39, 0.29) is 35.2 Å². The zero-order valence-electron chi connectivity index (χ0n) is 14.4. The Labute approximate surface area is 161 Å². The molecule has 2 rings (SSSR count). The number of aromatic amines is 1. The molecule has 0 aliphatic carbocycles. The van der Waals surface area contributed by atoms with Crippen molar-refractivity contribution in [1.29, 1.82) is 0 Å². The Morgan fingerprint density at radius 2 is 2.04 bits per heavy atom. The SMILES string of the molecule is COc1ccc(-c2cc(=O)[nH]c(=S)n2CCNC(=O)CN)c(OC)c1.Cl. The number of benzene rings is 1. The van der Waals surface area contributed by atoms with Crippen LogP contribution in [-0.4, -0.2) is 42.8 Å². The average molecular weight is 401 g/mol. The fraction of sp³-hybridized carbons (Fsp3) is 0.312. The molecule has 0 saturated heterocycles. The summed E-state index contributed by atoms with van der Waals surface area (Å²) in [6, 6.07) is 6.71. The number of carbonyl (C=O) groups excluding carboxylic acids is 1. The van der Waals surface area contributed by atoms with Crippen LogP contribution in [0.4, 0.5) is 0 Å². The number of carbonyl (C=O) groups is 1. The maximum atomic E-state index is 11.9. The molecule has 2 aromatic rings. The molecule has 1 aromatic carbocycles. The van der Waals surface area contributed by atoms with E-state index < -0.39 is 0 Å². The number of nitrogens with two attached hydrogens (primary N) is 1. The molecular formula is C16H21ClN4O4S. The van der Waals surface area contributed by atoms with E-state index in [1.165, 1.54) is 13.2 Å². The first kappa shape index (κ1) is 21.7. The van der Waals surface area contributed by atoms with Crippen LogP contribution in [-0.2, 0) is 11.3 Å². The van der Waals surface area contributed by atoms with Crippen molar-refractivity contribution in [3.05, 3.63) is 39.4 Å². The van der Waals surface area contributed by atoms with Crippen LogP contribution in [0.15, 0.2) is 29.1 Å². The number of halogens is 1. The van der Waals surface area contributed by atoms with Gasteiger partial charge in [-0.3, -0.25) is 14.6 Å². The van der Waals surface area contributed by atoms with Crippen molar-refractivity contribution in [3.63, 3.8) is 0 Å². The number of amides is 1. The molecule has 0 radical (unpaired) electrons. The third kappa shape index (κ3) is 5.07. The summed E-state index contributed by atoms with van der Waals surface area (Å²) in [4.78, 5) is 25.8. The van der Waals surface area contributed by atoms with Crippen molar-refractivity contribution in [2.24, 2.45) is 5.73 Å². The Morgan fingerprint density at radius 3 is 2.65 bits per heavy atom. The summed E-state index contributed by atoms with van der Waals surface area (Å²) >= 11 is 5.27. The third-order valence-corrected chi connectivity index (χ3v) is 3.88. The number of hydrogen-bond donors (Lipinski definition) is 3. The number of methoxy groups -OCH3 is 2. The second-order valence-electron chi connectivity index (χ2n) is 5.10. The van der Waals surface area contributed by atoms with Crippen LogP contribution in [0.1, 0.15) is 0 Å². The van der Waals surface area contributed by atoms with Crippen LogP contribution < -0.4 is 26.1 Å². The highest BCUT2D eigenvalue weighted by molar-refractivity contribution is 7.71. The van der Waals surface area contributed by atoms with Crippen molar-refractivity contribution < 1.29 is 14.3 Å². The monoisotopic (exact) mass is 400 g/mol. The van der Waals surface area contributed by atoms with E-state index in [0.717, 1.165) is 0 Å². The van der Waals surface area contributed by atoms with E-state index in [1.807, 2.05) is 0 Å². The third-order valence-electron chi connectivity index (χ3n) is 3.56. The summed E-state index contributed by atoms with van der Waals surface area (Å²) in [5, 5.41) is 2.67. The van der Waals surface area contributed by atoms with Crippen molar-refractivity contribution in [2.45, 2.75) is 6.54 Å².